The van der Waals surface area contributed by atoms with Crippen LogP contribution in [0.3, 0.4) is 0 Å². The number of alkyl halides is 3. The first-order valence-electron chi connectivity index (χ1n) is 10.1. The number of unbranched alkanes of at least 4 members (excludes halogenated alkanes) is 2. The Morgan fingerprint density at radius 2 is 1.57 bits per heavy atom. The molecule has 1 aliphatic carbocycles. The predicted octanol–water partition coefficient (Wildman–Crippen LogP) is 7.95. The van der Waals surface area contributed by atoms with Crippen molar-refractivity contribution < 1.29 is 22.0 Å². The molecule has 4 rings (SSSR count). The highest BCUT2D eigenvalue weighted by atomic mass is 19.4. The molecule has 156 valence electrons. The fourth-order valence-corrected chi connectivity index (χ4v) is 4.16. The maximum Gasteiger partial charge on any atom is 0.419 e. The van der Waals surface area contributed by atoms with Gasteiger partial charge in [0.25, 0.3) is 0 Å². The molecule has 0 nitrogen and oxygen atoms in total. The molecular formula is C25H21F5. The molecule has 0 aliphatic heterocycles. The van der Waals surface area contributed by atoms with Gasteiger partial charge in [-0.1, -0.05) is 56.2 Å². The number of rotatable bonds is 5. The summed E-state index contributed by atoms with van der Waals surface area (Å²) < 4.78 is 67.7. The van der Waals surface area contributed by atoms with Gasteiger partial charge in [-0.25, -0.2) is 8.78 Å². The molecule has 3 aromatic rings. The summed E-state index contributed by atoms with van der Waals surface area (Å²) >= 11 is 0. The van der Waals surface area contributed by atoms with Crippen LogP contribution in [0.4, 0.5) is 22.0 Å². The van der Waals surface area contributed by atoms with Gasteiger partial charge >= 0.3 is 6.18 Å². The summed E-state index contributed by atoms with van der Waals surface area (Å²) in [5.41, 5.74) is 3.40. The summed E-state index contributed by atoms with van der Waals surface area (Å²) in [6.45, 7) is 2.15. The van der Waals surface area contributed by atoms with E-state index < -0.39 is 23.4 Å². The fraction of sp³-hybridized carbons (Fsp3) is 0.280. The van der Waals surface area contributed by atoms with Crippen LogP contribution in [0.2, 0.25) is 0 Å². The minimum Gasteiger partial charge on any atom is -0.206 e. The molecule has 1 aliphatic rings. The Hall–Kier alpha value is -2.69. The zero-order chi connectivity index (χ0) is 21.5. The molecule has 0 spiro atoms. The first kappa shape index (κ1) is 20.6. The molecule has 5 heteroatoms. The highest BCUT2D eigenvalue weighted by Crippen LogP contribution is 2.42. The molecule has 0 atom stereocenters. The lowest BCUT2D eigenvalue weighted by molar-refractivity contribution is -0.139. The van der Waals surface area contributed by atoms with Crippen LogP contribution in [0, 0.1) is 11.6 Å². The minimum absolute atomic E-state index is 0.0945. The molecule has 0 unspecified atom stereocenters. The maximum atomic E-state index is 15.3. The molecule has 3 aromatic carbocycles. The monoisotopic (exact) mass is 416 g/mol. The third-order valence-electron chi connectivity index (χ3n) is 5.72. The van der Waals surface area contributed by atoms with Crippen LogP contribution in [0.5, 0.6) is 0 Å². The highest BCUT2D eigenvalue weighted by molar-refractivity contribution is 5.81. The van der Waals surface area contributed by atoms with Gasteiger partial charge in [-0.3, -0.25) is 0 Å². The van der Waals surface area contributed by atoms with E-state index in [9.17, 15) is 17.6 Å². The van der Waals surface area contributed by atoms with E-state index in [0.717, 1.165) is 48.1 Å². The Bertz CT molecular complexity index is 1100. The van der Waals surface area contributed by atoms with Crippen LogP contribution >= 0.6 is 0 Å². The first-order chi connectivity index (χ1) is 14.3. The van der Waals surface area contributed by atoms with E-state index in [2.05, 4.69) is 19.1 Å². The van der Waals surface area contributed by atoms with Crippen molar-refractivity contribution >= 4 is 0 Å². The number of hydrogen-bond acceptors (Lipinski definition) is 0. The number of benzene rings is 3. The summed E-state index contributed by atoms with van der Waals surface area (Å²) in [6.07, 6.45) is 0.0504. The van der Waals surface area contributed by atoms with Crippen molar-refractivity contribution in [1.29, 1.82) is 0 Å². The molecule has 0 saturated carbocycles. The summed E-state index contributed by atoms with van der Waals surface area (Å²) in [4.78, 5) is 0. The molecule has 0 bridgehead atoms. The fourth-order valence-electron chi connectivity index (χ4n) is 4.16. The number of hydrogen-bond donors (Lipinski definition) is 0. The van der Waals surface area contributed by atoms with E-state index in [1.165, 1.54) is 18.1 Å². The topological polar surface area (TPSA) is 0 Å². The molecule has 0 heterocycles. The van der Waals surface area contributed by atoms with Gasteiger partial charge in [-0.15, -0.1) is 0 Å². The van der Waals surface area contributed by atoms with Crippen LogP contribution in [-0.4, -0.2) is 0 Å². The van der Waals surface area contributed by atoms with E-state index in [1.54, 1.807) is 6.07 Å². The highest BCUT2D eigenvalue weighted by Gasteiger charge is 2.34. The Morgan fingerprint density at radius 3 is 2.27 bits per heavy atom. The third-order valence-corrected chi connectivity index (χ3v) is 5.72. The Labute approximate surface area is 172 Å². The quantitative estimate of drug-likeness (QED) is 0.229. The van der Waals surface area contributed by atoms with Gasteiger partial charge in [0.05, 0.1) is 5.56 Å². The van der Waals surface area contributed by atoms with Crippen molar-refractivity contribution in [1.82, 2.24) is 0 Å². The number of fused-ring (bicyclic) bond motifs is 3. The second kappa shape index (κ2) is 7.86. The lowest BCUT2D eigenvalue weighted by atomic mass is 9.97. The Balaban J connectivity index is 1.66. The third kappa shape index (κ3) is 3.73. The molecule has 0 N–H and O–H groups in total. The van der Waals surface area contributed by atoms with Gasteiger partial charge in [0, 0.05) is 17.5 Å². The van der Waals surface area contributed by atoms with Gasteiger partial charge < -0.3 is 0 Å². The maximum absolute atomic E-state index is 15.3. The van der Waals surface area contributed by atoms with Gasteiger partial charge in [0.1, 0.15) is 11.6 Å². The smallest absolute Gasteiger partial charge is 0.206 e. The van der Waals surface area contributed by atoms with E-state index in [-0.39, 0.29) is 11.1 Å². The van der Waals surface area contributed by atoms with Crippen molar-refractivity contribution in [2.24, 2.45) is 0 Å². The lowest BCUT2D eigenvalue weighted by Crippen LogP contribution is -2.08. The predicted molar refractivity (Wildman–Crippen MR) is 108 cm³/mol. The SMILES string of the molecule is CCCCCc1ccc2c(c1)Cc1c-2ccc(-c2ccc(C(F)(F)F)c(F)c2)c1F. The van der Waals surface area contributed by atoms with Crippen LogP contribution in [0.15, 0.2) is 48.5 Å². The van der Waals surface area contributed by atoms with E-state index in [0.29, 0.717) is 18.1 Å². The van der Waals surface area contributed by atoms with Gasteiger partial charge in [0.15, 0.2) is 0 Å². The molecule has 0 saturated heterocycles. The van der Waals surface area contributed by atoms with Crippen LogP contribution in [-0.2, 0) is 19.0 Å². The van der Waals surface area contributed by atoms with Crippen molar-refractivity contribution in [3.63, 3.8) is 0 Å². The number of halogens is 5. The zero-order valence-electron chi connectivity index (χ0n) is 16.5. The first-order valence-corrected chi connectivity index (χ1v) is 10.1. The standard InChI is InChI=1S/C25H21F5/c1-2-3-4-5-15-6-8-18-17(12-15)13-21-20(18)10-9-19(24(21)27)16-7-11-22(23(26)14-16)25(28,29)30/h6-12,14H,2-5,13H2,1H3. The molecule has 30 heavy (non-hydrogen) atoms. The van der Waals surface area contributed by atoms with Crippen molar-refractivity contribution in [2.75, 3.05) is 0 Å². The second-order valence-electron chi connectivity index (χ2n) is 7.77. The molecular weight excluding hydrogens is 395 g/mol. The molecule has 0 aromatic heterocycles. The van der Waals surface area contributed by atoms with Crippen LogP contribution < -0.4 is 0 Å². The van der Waals surface area contributed by atoms with Crippen LogP contribution in [0.1, 0.15) is 48.4 Å². The summed E-state index contributed by atoms with van der Waals surface area (Å²) in [6, 6.07) is 12.0. The summed E-state index contributed by atoms with van der Waals surface area (Å²) in [7, 11) is 0. The zero-order valence-corrected chi connectivity index (χ0v) is 16.5. The van der Waals surface area contributed by atoms with E-state index in [4.69, 9.17) is 0 Å². The molecule has 0 fully saturated rings. The van der Waals surface area contributed by atoms with Gasteiger partial charge in [-0.2, -0.15) is 13.2 Å². The van der Waals surface area contributed by atoms with Crippen molar-refractivity contribution in [3.8, 4) is 22.3 Å². The minimum atomic E-state index is -4.78. The van der Waals surface area contributed by atoms with E-state index >= 15 is 4.39 Å². The van der Waals surface area contributed by atoms with Gasteiger partial charge in [-0.05, 0) is 52.8 Å². The number of aryl methyl sites for hydroxylation is 1. The summed E-state index contributed by atoms with van der Waals surface area (Å²) in [5.74, 6) is -1.91. The molecule has 0 radical (unpaired) electrons. The Morgan fingerprint density at radius 1 is 0.833 bits per heavy atom. The van der Waals surface area contributed by atoms with Crippen molar-refractivity contribution in [3.05, 3.63) is 82.4 Å². The lowest BCUT2D eigenvalue weighted by Gasteiger charge is -2.12. The average Bonchev–Trinajstić information content (AvgIpc) is 3.06. The Kier molecular flexibility index (Phi) is 5.39. The largest absolute Gasteiger partial charge is 0.419 e. The van der Waals surface area contributed by atoms with Crippen molar-refractivity contribution in [2.45, 2.75) is 45.2 Å². The summed E-state index contributed by atoms with van der Waals surface area (Å²) in [5, 5.41) is 0. The second-order valence-corrected chi connectivity index (χ2v) is 7.77. The average molecular weight is 416 g/mol. The van der Waals surface area contributed by atoms with Crippen LogP contribution in [0.25, 0.3) is 22.3 Å². The van der Waals surface area contributed by atoms with Gasteiger partial charge in [0.2, 0.25) is 0 Å². The molecule has 0 amide bonds. The normalized spacial score (nSPS) is 12.7. The van der Waals surface area contributed by atoms with E-state index in [1.807, 2.05) is 6.07 Å².